The number of rotatable bonds is 7. The summed E-state index contributed by atoms with van der Waals surface area (Å²) < 4.78 is 0. The minimum atomic E-state index is -0.000256. The predicted molar refractivity (Wildman–Crippen MR) is 119 cm³/mol. The topological polar surface area (TPSA) is 35.6 Å². The Hall–Kier alpha value is -1.88. The highest BCUT2D eigenvalue weighted by Gasteiger charge is 2.48. The van der Waals surface area contributed by atoms with Gasteiger partial charge in [0.15, 0.2) is 0 Å². The molecule has 2 fully saturated rings. The maximum Gasteiger partial charge on any atom is 0.224 e. The largest absolute Gasteiger partial charge is 0.325 e. The molecule has 0 atom stereocenters. The van der Waals surface area contributed by atoms with Crippen LogP contribution in [0.4, 0.5) is 5.69 Å². The zero-order valence-corrected chi connectivity index (χ0v) is 17.9. The molecule has 0 unspecified atom stereocenters. The molecule has 1 N–H and O–H groups in total. The number of benzene rings is 2. The number of piperazine rings is 1. The highest BCUT2D eigenvalue weighted by atomic mass is 35.5. The first-order chi connectivity index (χ1) is 14.1. The molecule has 0 radical (unpaired) electrons. The zero-order chi connectivity index (χ0) is 20.3. The van der Waals surface area contributed by atoms with E-state index in [-0.39, 0.29) is 11.4 Å². The fraction of sp³-hybridized carbons (Fsp3) is 0.458. The molecule has 4 rings (SSSR count). The Kier molecular flexibility index (Phi) is 6.23. The van der Waals surface area contributed by atoms with Crippen LogP contribution in [0.2, 0.25) is 5.02 Å². The fourth-order valence-electron chi connectivity index (χ4n) is 4.38. The van der Waals surface area contributed by atoms with E-state index in [2.05, 4.69) is 51.5 Å². The highest BCUT2D eigenvalue weighted by molar-refractivity contribution is 6.34. The summed E-state index contributed by atoms with van der Waals surface area (Å²) in [6.07, 6.45) is 3.87. The summed E-state index contributed by atoms with van der Waals surface area (Å²) in [7, 11) is 0. The van der Waals surface area contributed by atoms with Crippen molar-refractivity contribution in [1.29, 1.82) is 0 Å². The lowest BCUT2D eigenvalue weighted by Gasteiger charge is -2.40. The number of carbonyl (C=O) groups excluding carboxylic acids is 1. The number of anilines is 1. The molecule has 0 bridgehead atoms. The van der Waals surface area contributed by atoms with Crippen LogP contribution in [0, 0.1) is 0 Å². The van der Waals surface area contributed by atoms with Crippen molar-refractivity contribution in [2.45, 2.75) is 44.7 Å². The molecule has 0 spiro atoms. The van der Waals surface area contributed by atoms with Gasteiger partial charge in [0.1, 0.15) is 0 Å². The molecule has 5 heteroatoms. The number of hydrogen-bond donors (Lipinski definition) is 1. The van der Waals surface area contributed by atoms with Crippen molar-refractivity contribution in [1.82, 2.24) is 9.80 Å². The first-order valence-corrected chi connectivity index (χ1v) is 11.1. The van der Waals surface area contributed by atoms with Crippen molar-refractivity contribution in [2.24, 2.45) is 0 Å². The molecule has 1 saturated heterocycles. The van der Waals surface area contributed by atoms with Crippen molar-refractivity contribution in [3.63, 3.8) is 0 Å². The van der Waals surface area contributed by atoms with Gasteiger partial charge in [-0.05, 0) is 36.5 Å². The molecule has 154 valence electrons. The maximum absolute atomic E-state index is 11.8. The summed E-state index contributed by atoms with van der Waals surface area (Å²) in [6, 6.07) is 16.7. The van der Waals surface area contributed by atoms with Gasteiger partial charge in [-0.2, -0.15) is 0 Å². The van der Waals surface area contributed by atoms with E-state index in [9.17, 15) is 4.79 Å². The van der Waals surface area contributed by atoms with Crippen LogP contribution in [-0.4, -0.2) is 47.4 Å². The van der Waals surface area contributed by atoms with Crippen LogP contribution >= 0.6 is 11.6 Å². The first-order valence-electron chi connectivity index (χ1n) is 10.7. The highest BCUT2D eigenvalue weighted by Crippen LogP contribution is 2.46. The Labute approximate surface area is 178 Å². The molecular formula is C24H30ClN3O. The number of halogens is 1. The minimum absolute atomic E-state index is 0.000256. The average molecular weight is 412 g/mol. The maximum atomic E-state index is 11.8. The van der Waals surface area contributed by atoms with Gasteiger partial charge < -0.3 is 5.32 Å². The summed E-state index contributed by atoms with van der Waals surface area (Å²) in [5, 5.41) is 3.62. The molecule has 1 amide bonds. The van der Waals surface area contributed by atoms with Crippen LogP contribution in [-0.2, 0) is 17.8 Å². The number of nitrogens with one attached hydrogen (secondary N) is 1. The van der Waals surface area contributed by atoms with Crippen molar-refractivity contribution in [3.05, 3.63) is 64.7 Å². The van der Waals surface area contributed by atoms with E-state index in [0.29, 0.717) is 11.4 Å². The third kappa shape index (κ3) is 4.82. The van der Waals surface area contributed by atoms with Gasteiger partial charge in [0.2, 0.25) is 5.91 Å². The van der Waals surface area contributed by atoms with Gasteiger partial charge in [0.25, 0.3) is 0 Å². The summed E-state index contributed by atoms with van der Waals surface area (Å²) in [6.45, 7) is 7.32. The molecule has 0 aromatic heterocycles. The summed E-state index contributed by atoms with van der Waals surface area (Å²) >= 11 is 6.65. The second-order valence-electron chi connectivity index (χ2n) is 8.33. The lowest BCUT2D eigenvalue weighted by Crippen LogP contribution is -2.51. The van der Waals surface area contributed by atoms with E-state index in [0.717, 1.165) is 50.4 Å². The molecule has 4 nitrogen and oxygen atoms in total. The van der Waals surface area contributed by atoms with Crippen LogP contribution in [0.3, 0.4) is 0 Å². The van der Waals surface area contributed by atoms with Gasteiger partial charge >= 0.3 is 0 Å². The van der Waals surface area contributed by atoms with E-state index in [4.69, 9.17) is 11.6 Å². The van der Waals surface area contributed by atoms with Gasteiger partial charge in [-0.15, -0.1) is 0 Å². The normalized spacial score (nSPS) is 19.1. The number of amides is 1. The second-order valence-corrected chi connectivity index (χ2v) is 8.71. The quantitative estimate of drug-likeness (QED) is 0.724. The third-order valence-corrected chi connectivity index (χ3v) is 6.76. The Morgan fingerprint density at radius 1 is 1.03 bits per heavy atom. The molecule has 1 heterocycles. The average Bonchev–Trinajstić information content (AvgIpc) is 3.53. The van der Waals surface area contributed by atoms with Crippen LogP contribution in [0.1, 0.15) is 37.3 Å². The van der Waals surface area contributed by atoms with Gasteiger partial charge in [-0.3, -0.25) is 14.6 Å². The summed E-state index contributed by atoms with van der Waals surface area (Å²) in [4.78, 5) is 17.0. The van der Waals surface area contributed by atoms with Gasteiger partial charge in [0, 0.05) is 44.7 Å². The van der Waals surface area contributed by atoms with Gasteiger partial charge in [-0.25, -0.2) is 0 Å². The molecule has 1 aliphatic carbocycles. The Bertz CT molecular complexity index is 842. The van der Waals surface area contributed by atoms with Gasteiger partial charge in [0.05, 0.1) is 10.7 Å². The molecular weight excluding hydrogens is 382 g/mol. The summed E-state index contributed by atoms with van der Waals surface area (Å²) in [5.74, 6) is -0.000256. The van der Waals surface area contributed by atoms with E-state index in [1.807, 2.05) is 19.1 Å². The van der Waals surface area contributed by atoms with E-state index in [1.54, 1.807) is 0 Å². The van der Waals surface area contributed by atoms with Crippen LogP contribution in [0.25, 0.3) is 0 Å². The molecule has 2 aromatic rings. The Morgan fingerprint density at radius 3 is 2.41 bits per heavy atom. The van der Waals surface area contributed by atoms with Crippen molar-refractivity contribution >= 4 is 23.2 Å². The third-order valence-electron chi connectivity index (χ3n) is 6.31. The lowest BCUT2D eigenvalue weighted by molar-refractivity contribution is -0.115. The molecule has 2 aromatic carbocycles. The minimum Gasteiger partial charge on any atom is -0.325 e. The zero-order valence-electron chi connectivity index (χ0n) is 17.2. The molecule has 1 aliphatic heterocycles. The van der Waals surface area contributed by atoms with Crippen LogP contribution in [0.5, 0.6) is 0 Å². The number of hydrogen-bond acceptors (Lipinski definition) is 3. The van der Waals surface area contributed by atoms with Crippen molar-refractivity contribution < 1.29 is 4.79 Å². The molecule has 2 aliphatic rings. The standard InChI is InChI=1S/C24H30ClN3O/c1-2-22(29)26-21-10-6-9-20(23(21)25)17-24(11-12-24)28-15-13-27(14-16-28)18-19-7-4-3-5-8-19/h3-10H,2,11-18H2,1H3,(H,26,29). The van der Waals surface area contributed by atoms with E-state index < -0.39 is 0 Å². The Balaban J connectivity index is 1.37. The molecule has 1 saturated carbocycles. The molecule has 29 heavy (non-hydrogen) atoms. The van der Waals surface area contributed by atoms with Crippen molar-refractivity contribution in [3.8, 4) is 0 Å². The fourth-order valence-corrected chi connectivity index (χ4v) is 4.62. The predicted octanol–water partition coefficient (Wildman–Crippen LogP) is 4.58. The summed E-state index contributed by atoms with van der Waals surface area (Å²) in [5.41, 5.74) is 3.51. The Morgan fingerprint density at radius 2 is 1.76 bits per heavy atom. The smallest absolute Gasteiger partial charge is 0.224 e. The van der Waals surface area contributed by atoms with Crippen molar-refractivity contribution in [2.75, 3.05) is 31.5 Å². The van der Waals surface area contributed by atoms with E-state index in [1.165, 1.54) is 18.4 Å². The van der Waals surface area contributed by atoms with Crippen LogP contribution in [0.15, 0.2) is 48.5 Å². The van der Waals surface area contributed by atoms with Gasteiger partial charge in [-0.1, -0.05) is 61.0 Å². The van der Waals surface area contributed by atoms with E-state index >= 15 is 0 Å². The number of carbonyl (C=O) groups is 1. The SMILES string of the molecule is CCC(=O)Nc1cccc(CC2(N3CCN(Cc4ccccc4)CC3)CC2)c1Cl. The number of nitrogens with zero attached hydrogens (tertiary/aromatic N) is 2. The lowest BCUT2D eigenvalue weighted by atomic mass is 10.0. The monoisotopic (exact) mass is 411 g/mol. The van der Waals surface area contributed by atoms with Crippen LogP contribution < -0.4 is 5.32 Å². The second kappa shape index (κ2) is 8.86. The first kappa shape index (κ1) is 20.4.